The number of aliphatic hydroxyl groups is 1. The lowest BCUT2D eigenvalue weighted by atomic mass is 10.1. The summed E-state index contributed by atoms with van der Waals surface area (Å²) in [6, 6.07) is 0. The van der Waals surface area contributed by atoms with Gasteiger partial charge in [-0.1, -0.05) is 5.06 Å². The predicted octanol–water partition coefficient (Wildman–Crippen LogP) is -0.660. The first-order valence-corrected chi connectivity index (χ1v) is 4.70. The molecular formula is C9H11NO5. The molecule has 1 saturated heterocycles. The van der Waals surface area contributed by atoms with E-state index in [1.165, 1.54) is 5.06 Å². The second-order valence-corrected chi connectivity index (χ2v) is 3.45. The number of hydrogen-bond acceptors (Lipinski definition) is 6. The number of ether oxygens (including phenoxy) is 1. The van der Waals surface area contributed by atoms with Crippen molar-refractivity contribution in [3.63, 3.8) is 0 Å². The van der Waals surface area contributed by atoms with Gasteiger partial charge < -0.3 is 14.7 Å². The standard InChI is InChI=1S/C9H11NO5/c11-6-3-4-10-7(5-6)14-8(12)1-2-9(13)15-10/h1-2,6-7,11H,3-5H2/b2-1+. The third-order valence-corrected chi connectivity index (χ3v) is 2.29. The maximum absolute atomic E-state index is 11.1. The molecule has 2 rings (SSSR count). The zero-order valence-electron chi connectivity index (χ0n) is 7.96. The van der Waals surface area contributed by atoms with Gasteiger partial charge in [0, 0.05) is 25.1 Å². The van der Waals surface area contributed by atoms with Crippen LogP contribution in [0.15, 0.2) is 12.2 Å². The lowest BCUT2D eigenvalue weighted by molar-refractivity contribution is -0.255. The molecule has 2 unspecified atom stereocenters. The van der Waals surface area contributed by atoms with Crippen molar-refractivity contribution >= 4 is 11.9 Å². The molecule has 0 spiro atoms. The van der Waals surface area contributed by atoms with Gasteiger partial charge in [-0.3, -0.25) is 0 Å². The maximum atomic E-state index is 11.1. The molecule has 6 heteroatoms. The number of aliphatic hydroxyl groups excluding tert-OH is 1. The zero-order chi connectivity index (χ0) is 10.8. The fourth-order valence-corrected chi connectivity index (χ4v) is 1.56. The van der Waals surface area contributed by atoms with Crippen LogP contribution in [0.2, 0.25) is 0 Å². The van der Waals surface area contributed by atoms with E-state index in [4.69, 9.17) is 9.57 Å². The number of hydroxylamine groups is 2. The highest BCUT2D eigenvalue weighted by Crippen LogP contribution is 2.20. The van der Waals surface area contributed by atoms with Gasteiger partial charge in [-0.2, -0.15) is 0 Å². The van der Waals surface area contributed by atoms with Crippen LogP contribution in [-0.4, -0.2) is 41.0 Å². The Labute approximate surface area is 86.0 Å². The van der Waals surface area contributed by atoms with Gasteiger partial charge in [-0.25, -0.2) is 9.59 Å². The molecular weight excluding hydrogens is 202 g/mol. The first-order chi connectivity index (χ1) is 7.15. The number of nitrogens with zero attached hydrogens (tertiary/aromatic N) is 1. The van der Waals surface area contributed by atoms with E-state index < -0.39 is 24.3 Å². The lowest BCUT2D eigenvalue weighted by Gasteiger charge is -2.35. The van der Waals surface area contributed by atoms with Crippen LogP contribution in [0.4, 0.5) is 0 Å². The van der Waals surface area contributed by atoms with Crippen LogP contribution in [0.1, 0.15) is 12.8 Å². The summed E-state index contributed by atoms with van der Waals surface area (Å²) < 4.78 is 4.98. The van der Waals surface area contributed by atoms with Gasteiger partial charge >= 0.3 is 11.9 Å². The fraction of sp³-hybridized carbons (Fsp3) is 0.556. The molecule has 2 aliphatic heterocycles. The van der Waals surface area contributed by atoms with Crippen molar-refractivity contribution in [3.05, 3.63) is 12.2 Å². The summed E-state index contributed by atoms with van der Waals surface area (Å²) >= 11 is 0. The Kier molecular flexibility index (Phi) is 2.70. The van der Waals surface area contributed by atoms with Crippen molar-refractivity contribution in [2.24, 2.45) is 0 Å². The summed E-state index contributed by atoms with van der Waals surface area (Å²) in [5, 5.41) is 10.7. The average molecular weight is 213 g/mol. The van der Waals surface area contributed by atoms with Crippen LogP contribution in [0.25, 0.3) is 0 Å². The number of rotatable bonds is 0. The average Bonchev–Trinajstić information content (AvgIpc) is 2.17. The number of carbonyl (C=O) groups excluding carboxylic acids is 2. The molecule has 1 N–H and O–H groups in total. The van der Waals surface area contributed by atoms with E-state index in [0.717, 1.165) is 12.2 Å². The summed E-state index contributed by atoms with van der Waals surface area (Å²) in [7, 11) is 0. The molecule has 2 aliphatic rings. The maximum Gasteiger partial charge on any atom is 0.350 e. The molecule has 0 saturated carbocycles. The van der Waals surface area contributed by atoms with Crippen molar-refractivity contribution in [1.82, 2.24) is 5.06 Å². The minimum Gasteiger partial charge on any atom is -0.440 e. The summed E-state index contributed by atoms with van der Waals surface area (Å²) in [6.45, 7) is 0.360. The molecule has 2 heterocycles. The normalized spacial score (nSPS) is 34.5. The molecule has 0 aromatic rings. The van der Waals surface area contributed by atoms with Crippen LogP contribution in [-0.2, 0) is 19.2 Å². The summed E-state index contributed by atoms with van der Waals surface area (Å²) in [5.41, 5.74) is 0. The van der Waals surface area contributed by atoms with Gasteiger partial charge in [-0.15, -0.1) is 0 Å². The first kappa shape index (κ1) is 10.1. The van der Waals surface area contributed by atoms with Gasteiger partial charge in [0.05, 0.1) is 6.10 Å². The van der Waals surface area contributed by atoms with E-state index in [1.54, 1.807) is 0 Å². The van der Waals surface area contributed by atoms with Gasteiger partial charge in [-0.05, 0) is 6.42 Å². The lowest BCUT2D eigenvalue weighted by Crippen LogP contribution is -2.47. The molecule has 0 aliphatic carbocycles. The highest BCUT2D eigenvalue weighted by molar-refractivity contribution is 5.91. The van der Waals surface area contributed by atoms with Gasteiger partial charge in [0.1, 0.15) is 0 Å². The predicted molar refractivity (Wildman–Crippen MR) is 47.1 cm³/mol. The number of hydrogen-bond donors (Lipinski definition) is 1. The highest BCUT2D eigenvalue weighted by Gasteiger charge is 2.33. The minimum atomic E-state index is -0.685. The molecule has 15 heavy (non-hydrogen) atoms. The van der Waals surface area contributed by atoms with Crippen molar-refractivity contribution in [3.8, 4) is 0 Å². The number of fused-ring (bicyclic) bond motifs is 1. The molecule has 82 valence electrons. The van der Waals surface area contributed by atoms with Gasteiger partial charge in [0.25, 0.3) is 0 Å². The Bertz CT molecular complexity index is 314. The van der Waals surface area contributed by atoms with Gasteiger partial charge in [0.15, 0.2) is 6.23 Å². The summed E-state index contributed by atoms with van der Waals surface area (Å²) in [6.07, 6.45) is 1.57. The molecule has 0 bridgehead atoms. The van der Waals surface area contributed by atoms with Crippen LogP contribution < -0.4 is 0 Å². The fourth-order valence-electron chi connectivity index (χ4n) is 1.56. The molecule has 6 nitrogen and oxygen atoms in total. The van der Waals surface area contributed by atoms with E-state index in [-0.39, 0.29) is 6.42 Å². The number of piperidine rings is 1. The number of esters is 1. The summed E-state index contributed by atoms with van der Waals surface area (Å²) in [4.78, 5) is 27.1. The third-order valence-electron chi connectivity index (χ3n) is 2.29. The van der Waals surface area contributed by atoms with E-state index in [1.807, 2.05) is 0 Å². The quantitative estimate of drug-likeness (QED) is 0.538. The van der Waals surface area contributed by atoms with Crippen LogP contribution >= 0.6 is 0 Å². The topological polar surface area (TPSA) is 76.1 Å². The molecule has 0 aromatic carbocycles. The van der Waals surface area contributed by atoms with E-state index >= 15 is 0 Å². The largest absolute Gasteiger partial charge is 0.440 e. The molecule has 0 amide bonds. The molecule has 2 atom stereocenters. The monoisotopic (exact) mass is 213 g/mol. The van der Waals surface area contributed by atoms with Crippen LogP contribution in [0, 0.1) is 0 Å². The van der Waals surface area contributed by atoms with Crippen LogP contribution in [0.5, 0.6) is 0 Å². The smallest absolute Gasteiger partial charge is 0.350 e. The highest BCUT2D eigenvalue weighted by atomic mass is 16.7. The number of carbonyl (C=O) groups is 2. The van der Waals surface area contributed by atoms with Crippen molar-refractivity contribution in [2.75, 3.05) is 6.54 Å². The molecule has 0 radical (unpaired) electrons. The molecule has 1 fully saturated rings. The second-order valence-electron chi connectivity index (χ2n) is 3.45. The zero-order valence-corrected chi connectivity index (χ0v) is 7.96. The van der Waals surface area contributed by atoms with E-state index in [0.29, 0.717) is 13.0 Å². The Morgan fingerprint density at radius 2 is 2.07 bits per heavy atom. The Hall–Kier alpha value is -1.40. The van der Waals surface area contributed by atoms with E-state index in [2.05, 4.69) is 0 Å². The molecule has 0 aromatic heterocycles. The Balaban J connectivity index is 2.14. The van der Waals surface area contributed by atoms with Gasteiger partial charge in [0.2, 0.25) is 0 Å². The van der Waals surface area contributed by atoms with Crippen molar-refractivity contribution in [1.29, 1.82) is 0 Å². The SMILES string of the molecule is O=C1/C=C/C(=O)ON2CCC(O)CC2O1. The minimum absolute atomic E-state index is 0.257. The summed E-state index contributed by atoms with van der Waals surface area (Å²) in [5.74, 6) is -1.20. The van der Waals surface area contributed by atoms with Crippen molar-refractivity contribution in [2.45, 2.75) is 25.2 Å². The second kappa shape index (κ2) is 4.00. The third kappa shape index (κ3) is 2.34. The first-order valence-electron chi connectivity index (χ1n) is 4.70. The van der Waals surface area contributed by atoms with Crippen LogP contribution in [0.3, 0.4) is 0 Å². The van der Waals surface area contributed by atoms with Crippen molar-refractivity contribution < 1.29 is 24.3 Å². The Morgan fingerprint density at radius 3 is 2.87 bits per heavy atom. The Morgan fingerprint density at radius 1 is 1.33 bits per heavy atom. The van der Waals surface area contributed by atoms with E-state index in [9.17, 15) is 14.7 Å².